The zero-order valence-electron chi connectivity index (χ0n) is 13.5. The summed E-state index contributed by atoms with van der Waals surface area (Å²) in [7, 11) is 3.89. The maximum atomic E-state index is 10.8. The summed E-state index contributed by atoms with van der Waals surface area (Å²) in [5.74, 6) is 0.354. The second kappa shape index (κ2) is 6.57. The third kappa shape index (κ3) is 3.07. The number of phenols is 1. The fourth-order valence-electron chi connectivity index (χ4n) is 2.99. The highest BCUT2D eigenvalue weighted by Crippen LogP contribution is 2.40. The van der Waals surface area contributed by atoms with Gasteiger partial charge in [0.2, 0.25) is 0 Å². The van der Waals surface area contributed by atoms with E-state index in [1.807, 2.05) is 73.6 Å². The number of aromatic hydroxyl groups is 1. The van der Waals surface area contributed by atoms with E-state index in [4.69, 9.17) is 0 Å². The normalized spacial score (nSPS) is 10.7. The number of benzene rings is 3. The highest BCUT2D eigenvalue weighted by molar-refractivity contribution is 5.63. The standard InChI is InChI=1S/C21H21NO/c1-22(2)19-15-9-14-18(21(19)23)20(16-10-5-3-6-11-16)17-12-7-4-8-13-17/h3-15,20,23H,1-2H3. The Labute approximate surface area is 137 Å². The minimum Gasteiger partial charge on any atom is -0.505 e. The predicted octanol–water partition coefficient (Wildman–Crippen LogP) is 4.64. The Morgan fingerprint density at radius 3 is 1.70 bits per heavy atom. The van der Waals surface area contributed by atoms with Crippen LogP contribution in [0.25, 0.3) is 0 Å². The summed E-state index contributed by atoms with van der Waals surface area (Å²) in [6, 6.07) is 26.6. The highest BCUT2D eigenvalue weighted by Gasteiger charge is 2.21. The van der Waals surface area contributed by atoms with Crippen molar-refractivity contribution >= 4 is 5.69 Å². The van der Waals surface area contributed by atoms with E-state index in [0.29, 0.717) is 5.75 Å². The minimum absolute atomic E-state index is 0.0114. The summed E-state index contributed by atoms with van der Waals surface area (Å²) < 4.78 is 0. The first kappa shape index (κ1) is 15.2. The molecule has 2 nitrogen and oxygen atoms in total. The lowest BCUT2D eigenvalue weighted by Gasteiger charge is -2.23. The molecule has 116 valence electrons. The van der Waals surface area contributed by atoms with Crippen LogP contribution in [-0.2, 0) is 0 Å². The number of para-hydroxylation sites is 1. The van der Waals surface area contributed by atoms with Crippen LogP contribution in [0.4, 0.5) is 5.69 Å². The Morgan fingerprint density at radius 1 is 0.696 bits per heavy atom. The van der Waals surface area contributed by atoms with Crippen LogP contribution in [0.3, 0.4) is 0 Å². The van der Waals surface area contributed by atoms with Crippen molar-refractivity contribution in [3.05, 3.63) is 95.6 Å². The fourth-order valence-corrected chi connectivity index (χ4v) is 2.99. The molecule has 0 saturated heterocycles. The number of hydrogen-bond acceptors (Lipinski definition) is 2. The third-order valence-corrected chi connectivity index (χ3v) is 4.10. The minimum atomic E-state index is 0.0114. The Balaban J connectivity index is 2.20. The summed E-state index contributed by atoms with van der Waals surface area (Å²) in [5, 5.41) is 10.8. The number of nitrogens with zero attached hydrogens (tertiary/aromatic N) is 1. The van der Waals surface area contributed by atoms with E-state index >= 15 is 0 Å². The molecule has 0 fully saturated rings. The van der Waals surface area contributed by atoms with Gasteiger partial charge in [-0.3, -0.25) is 0 Å². The number of hydrogen-bond donors (Lipinski definition) is 1. The number of anilines is 1. The van der Waals surface area contributed by atoms with Gasteiger partial charge in [0.1, 0.15) is 5.75 Å². The molecule has 2 heteroatoms. The average Bonchev–Trinajstić information content (AvgIpc) is 2.58. The Bertz CT molecular complexity index is 727. The van der Waals surface area contributed by atoms with Crippen molar-refractivity contribution in [3.8, 4) is 5.75 Å². The highest BCUT2D eigenvalue weighted by atomic mass is 16.3. The second-order valence-corrected chi connectivity index (χ2v) is 5.86. The molecule has 23 heavy (non-hydrogen) atoms. The molecule has 0 atom stereocenters. The molecule has 0 amide bonds. The van der Waals surface area contributed by atoms with E-state index in [1.165, 1.54) is 11.1 Å². The average molecular weight is 303 g/mol. The molecule has 0 spiro atoms. The van der Waals surface area contributed by atoms with Gasteiger partial charge >= 0.3 is 0 Å². The van der Waals surface area contributed by atoms with E-state index in [0.717, 1.165) is 11.3 Å². The molecule has 3 aromatic rings. The molecule has 0 aliphatic heterocycles. The molecule has 0 aliphatic carbocycles. The topological polar surface area (TPSA) is 23.5 Å². The monoisotopic (exact) mass is 303 g/mol. The molecule has 0 aliphatic rings. The van der Waals surface area contributed by atoms with E-state index < -0.39 is 0 Å². The van der Waals surface area contributed by atoms with Crippen molar-refractivity contribution in [3.63, 3.8) is 0 Å². The van der Waals surface area contributed by atoms with Gasteiger partial charge in [-0.15, -0.1) is 0 Å². The summed E-state index contributed by atoms with van der Waals surface area (Å²) in [6.07, 6.45) is 0. The van der Waals surface area contributed by atoms with Crippen LogP contribution in [-0.4, -0.2) is 19.2 Å². The van der Waals surface area contributed by atoms with Gasteiger partial charge in [0.05, 0.1) is 5.69 Å². The largest absolute Gasteiger partial charge is 0.505 e. The van der Waals surface area contributed by atoms with Crippen LogP contribution in [0.15, 0.2) is 78.9 Å². The first-order valence-corrected chi connectivity index (χ1v) is 7.77. The van der Waals surface area contributed by atoms with E-state index in [-0.39, 0.29) is 5.92 Å². The van der Waals surface area contributed by atoms with Crippen LogP contribution >= 0.6 is 0 Å². The van der Waals surface area contributed by atoms with Gasteiger partial charge in [0.25, 0.3) is 0 Å². The summed E-state index contributed by atoms with van der Waals surface area (Å²) in [4.78, 5) is 1.94. The van der Waals surface area contributed by atoms with Crippen molar-refractivity contribution in [2.45, 2.75) is 5.92 Å². The second-order valence-electron chi connectivity index (χ2n) is 5.86. The molecule has 0 aromatic heterocycles. The quantitative estimate of drug-likeness (QED) is 0.710. The van der Waals surface area contributed by atoms with Gasteiger partial charge in [-0.1, -0.05) is 72.8 Å². The number of phenolic OH excluding ortho intramolecular Hbond substituents is 1. The summed E-state index contributed by atoms with van der Waals surface area (Å²) in [6.45, 7) is 0. The molecule has 0 bridgehead atoms. The SMILES string of the molecule is CN(C)c1cccc(C(c2ccccc2)c2ccccc2)c1O. The Morgan fingerprint density at radius 2 is 1.22 bits per heavy atom. The lowest BCUT2D eigenvalue weighted by atomic mass is 9.84. The molecule has 3 aromatic carbocycles. The van der Waals surface area contributed by atoms with Crippen molar-refractivity contribution < 1.29 is 5.11 Å². The Kier molecular flexibility index (Phi) is 4.33. The van der Waals surface area contributed by atoms with Crippen molar-refractivity contribution in [2.75, 3.05) is 19.0 Å². The summed E-state index contributed by atoms with van der Waals surface area (Å²) in [5.41, 5.74) is 4.10. The maximum Gasteiger partial charge on any atom is 0.143 e. The van der Waals surface area contributed by atoms with Gasteiger partial charge in [0.15, 0.2) is 0 Å². The van der Waals surface area contributed by atoms with Crippen LogP contribution in [0, 0.1) is 0 Å². The van der Waals surface area contributed by atoms with E-state index in [2.05, 4.69) is 24.3 Å². The summed E-state index contributed by atoms with van der Waals surface area (Å²) >= 11 is 0. The van der Waals surface area contributed by atoms with Crippen LogP contribution < -0.4 is 4.90 Å². The smallest absolute Gasteiger partial charge is 0.143 e. The molecular formula is C21H21NO. The molecule has 0 unspecified atom stereocenters. The predicted molar refractivity (Wildman–Crippen MR) is 96.3 cm³/mol. The van der Waals surface area contributed by atoms with E-state index in [1.54, 1.807) is 0 Å². The lowest BCUT2D eigenvalue weighted by Crippen LogP contribution is -2.11. The van der Waals surface area contributed by atoms with Gasteiger partial charge in [-0.05, 0) is 17.2 Å². The van der Waals surface area contributed by atoms with Crippen molar-refractivity contribution in [1.82, 2.24) is 0 Å². The van der Waals surface area contributed by atoms with Gasteiger partial charge in [0, 0.05) is 25.6 Å². The maximum absolute atomic E-state index is 10.8. The first-order chi connectivity index (χ1) is 11.2. The van der Waals surface area contributed by atoms with Crippen LogP contribution in [0.5, 0.6) is 5.75 Å². The molecule has 3 rings (SSSR count). The van der Waals surface area contributed by atoms with E-state index in [9.17, 15) is 5.11 Å². The molecule has 0 radical (unpaired) electrons. The first-order valence-electron chi connectivity index (χ1n) is 7.77. The molecule has 1 N–H and O–H groups in total. The Hall–Kier alpha value is -2.74. The van der Waals surface area contributed by atoms with Gasteiger partial charge in [-0.2, -0.15) is 0 Å². The lowest BCUT2D eigenvalue weighted by molar-refractivity contribution is 0.467. The third-order valence-electron chi connectivity index (χ3n) is 4.10. The van der Waals surface area contributed by atoms with Crippen molar-refractivity contribution in [1.29, 1.82) is 0 Å². The molecular weight excluding hydrogens is 282 g/mol. The van der Waals surface area contributed by atoms with Gasteiger partial charge in [-0.25, -0.2) is 0 Å². The fraction of sp³-hybridized carbons (Fsp3) is 0.143. The molecule has 0 saturated carbocycles. The van der Waals surface area contributed by atoms with Gasteiger partial charge < -0.3 is 10.0 Å². The zero-order chi connectivity index (χ0) is 16.2. The number of rotatable bonds is 4. The van der Waals surface area contributed by atoms with Crippen molar-refractivity contribution in [2.24, 2.45) is 0 Å². The van der Waals surface area contributed by atoms with Crippen LogP contribution in [0.1, 0.15) is 22.6 Å². The molecule has 0 heterocycles. The zero-order valence-corrected chi connectivity index (χ0v) is 13.5. The van der Waals surface area contributed by atoms with Crippen LogP contribution in [0.2, 0.25) is 0 Å².